The number of nitrogens with zero attached hydrogens (tertiary/aromatic N) is 1. The van der Waals surface area contributed by atoms with Gasteiger partial charge in [0.15, 0.2) is 0 Å². The fourth-order valence-electron chi connectivity index (χ4n) is 2.24. The predicted octanol–water partition coefficient (Wildman–Crippen LogP) is 3.05. The number of hydrogen-bond donors (Lipinski definition) is 2. The lowest BCUT2D eigenvalue weighted by Gasteiger charge is -2.13. The number of amides is 1. The van der Waals surface area contributed by atoms with Crippen LogP contribution in [0.3, 0.4) is 0 Å². The molecule has 1 amide bonds. The molecule has 0 saturated carbocycles. The van der Waals surface area contributed by atoms with Gasteiger partial charge in [0, 0.05) is 31.7 Å². The van der Waals surface area contributed by atoms with E-state index in [1.54, 1.807) is 25.5 Å². The highest BCUT2D eigenvalue weighted by molar-refractivity contribution is 5.99. The van der Waals surface area contributed by atoms with Crippen LogP contribution in [-0.4, -0.2) is 24.5 Å². The maximum Gasteiger partial charge on any atom is 0.254 e. The molecule has 0 aliphatic heterocycles. The summed E-state index contributed by atoms with van der Waals surface area (Å²) in [5.41, 5.74) is 2.66. The predicted molar refractivity (Wildman–Crippen MR) is 85.6 cm³/mol. The molecule has 110 valence electrons. The molecule has 1 aromatic heterocycles. The normalized spacial score (nSPS) is 11.7. The summed E-state index contributed by atoms with van der Waals surface area (Å²) in [5.74, 6) is 0.330. The van der Waals surface area contributed by atoms with Crippen LogP contribution in [0.2, 0.25) is 0 Å². The van der Waals surface area contributed by atoms with Gasteiger partial charge < -0.3 is 10.6 Å². The Balaban J connectivity index is 1.87. The third-order valence-corrected chi connectivity index (χ3v) is 3.57. The quantitative estimate of drug-likeness (QED) is 0.856. The summed E-state index contributed by atoms with van der Waals surface area (Å²) in [4.78, 5) is 16.2. The number of hydrogen-bond acceptors (Lipinski definition) is 3. The summed E-state index contributed by atoms with van der Waals surface area (Å²) in [5, 5.41) is 5.96. The van der Waals surface area contributed by atoms with Gasteiger partial charge in [-0.15, -0.1) is 0 Å². The minimum Gasteiger partial charge on any atom is -0.387 e. The van der Waals surface area contributed by atoms with Crippen molar-refractivity contribution in [3.8, 4) is 0 Å². The van der Waals surface area contributed by atoms with Crippen LogP contribution < -0.4 is 10.6 Å². The highest BCUT2D eigenvalue weighted by atomic mass is 16.1. The van der Waals surface area contributed by atoms with E-state index in [0.29, 0.717) is 18.0 Å². The average molecular weight is 283 g/mol. The van der Waals surface area contributed by atoms with Crippen LogP contribution >= 0.6 is 0 Å². The van der Waals surface area contributed by atoms with E-state index in [4.69, 9.17) is 0 Å². The van der Waals surface area contributed by atoms with Crippen molar-refractivity contribution < 1.29 is 4.79 Å². The number of pyridine rings is 1. The van der Waals surface area contributed by atoms with E-state index < -0.39 is 0 Å². The van der Waals surface area contributed by atoms with Crippen molar-refractivity contribution in [2.75, 3.05) is 18.9 Å². The van der Waals surface area contributed by atoms with Gasteiger partial charge in [-0.3, -0.25) is 9.78 Å². The van der Waals surface area contributed by atoms with Crippen LogP contribution in [0.1, 0.15) is 35.2 Å². The topological polar surface area (TPSA) is 54.0 Å². The molecule has 4 heteroatoms. The van der Waals surface area contributed by atoms with E-state index in [2.05, 4.69) is 34.7 Å². The molecule has 0 radical (unpaired) electrons. The minimum atomic E-state index is -0.0901. The van der Waals surface area contributed by atoms with Crippen LogP contribution in [0.15, 0.2) is 48.8 Å². The Hall–Kier alpha value is -2.36. The summed E-state index contributed by atoms with van der Waals surface area (Å²) >= 11 is 0. The van der Waals surface area contributed by atoms with Crippen LogP contribution in [0.25, 0.3) is 0 Å². The van der Waals surface area contributed by atoms with Crippen molar-refractivity contribution in [1.29, 1.82) is 0 Å². The highest BCUT2D eigenvalue weighted by Gasteiger charge is 2.11. The second-order valence-corrected chi connectivity index (χ2v) is 5.03. The minimum absolute atomic E-state index is 0.0901. The van der Waals surface area contributed by atoms with Crippen LogP contribution in [0.5, 0.6) is 0 Å². The zero-order chi connectivity index (χ0) is 15.1. The van der Waals surface area contributed by atoms with Gasteiger partial charge in [0.05, 0.1) is 5.56 Å². The molecule has 2 aromatic rings. The SMILES string of the molecule is CNc1ccncc1C(=O)NCCC(C)c1ccccc1. The van der Waals surface area contributed by atoms with Crippen molar-refractivity contribution in [3.05, 3.63) is 59.9 Å². The fraction of sp³-hybridized carbons (Fsp3) is 0.294. The smallest absolute Gasteiger partial charge is 0.254 e. The van der Waals surface area contributed by atoms with E-state index in [1.165, 1.54) is 5.56 Å². The second-order valence-electron chi connectivity index (χ2n) is 5.03. The molecule has 4 nitrogen and oxygen atoms in total. The van der Waals surface area contributed by atoms with Gasteiger partial charge >= 0.3 is 0 Å². The second kappa shape index (κ2) is 7.43. The first kappa shape index (κ1) is 15.0. The lowest BCUT2D eigenvalue weighted by atomic mass is 9.98. The van der Waals surface area contributed by atoms with Gasteiger partial charge in [-0.05, 0) is 24.0 Å². The number of anilines is 1. The monoisotopic (exact) mass is 283 g/mol. The van der Waals surface area contributed by atoms with Crippen molar-refractivity contribution in [2.45, 2.75) is 19.3 Å². The Bertz CT molecular complexity index is 584. The van der Waals surface area contributed by atoms with E-state index in [1.807, 2.05) is 18.2 Å². The molecule has 0 fully saturated rings. The molecular weight excluding hydrogens is 262 g/mol. The Kier molecular flexibility index (Phi) is 5.32. The van der Waals surface area contributed by atoms with Gasteiger partial charge in [0.1, 0.15) is 0 Å². The van der Waals surface area contributed by atoms with E-state index >= 15 is 0 Å². The Morgan fingerprint density at radius 2 is 2.00 bits per heavy atom. The molecule has 0 aliphatic rings. The van der Waals surface area contributed by atoms with Gasteiger partial charge in [-0.2, -0.15) is 0 Å². The van der Waals surface area contributed by atoms with Crippen molar-refractivity contribution >= 4 is 11.6 Å². The maximum atomic E-state index is 12.2. The fourth-order valence-corrected chi connectivity index (χ4v) is 2.24. The number of rotatable bonds is 6. The molecule has 1 atom stereocenters. The zero-order valence-electron chi connectivity index (χ0n) is 12.5. The van der Waals surface area contributed by atoms with Crippen LogP contribution in [0, 0.1) is 0 Å². The molecule has 2 N–H and O–H groups in total. The van der Waals surface area contributed by atoms with Crippen LogP contribution in [0.4, 0.5) is 5.69 Å². The summed E-state index contributed by atoms with van der Waals surface area (Å²) in [7, 11) is 1.80. The molecular formula is C17H21N3O. The summed E-state index contributed by atoms with van der Waals surface area (Å²) < 4.78 is 0. The van der Waals surface area contributed by atoms with Crippen molar-refractivity contribution in [1.82, 2.24) is 10.3 Å². The average Bonchev–Trinajstić information content (AvgIpc) is 2.55. The summed E-state index contributed by atoms with van der Waals surface area (Å²) in [6.45, 7) is 2.82. The molecule has 1 heterocycles. The number of carbonyl (C=O) groups is 1. The molecule has 0 spiro atoms. The third-order valence-electron chi connectivity index (χ3n) is 3.57. The first-order valence-electron chi connectivity index (χ1n) is 7.17. The lowest BCUT2D eigenvalue weighted by Crippen LogP contribution is -2.26. The summed E-state index contributed by atoms with van der Waals surface area (Å²) in [6, 6.07) is 12.1. The van der Waals surface area contributed by atoms with Crippen molar-refractivity contribution in [2.24, 2.45) is 0 Å². The number of aromatic nitrogens is 1. The molecule has 0 bridgehead atoms. The van der Waals surface area contributed by atoms with E-state index in [-0.39, 0.29) is 5.91 Å². The van der Waals surface area contributed by atoms with Gasteiger partial charge in [0.25, 0.3) is 5.91 Å². The van der Waals surface area contributed by atoms with E-state index in [9.17, 15) is 4.79 Å². The lowest BCUT2D eigenvalue weighted by molar-refractivity contribution is 0.0953. The van der Waals surface area contributed by atoms with Crippen LogP contribution in [-0.2, 0) is 0 Å². The Labute approximate surface area is 125 Å². The number of nitrogens with one attached hydrogen (secondary N) is 2. The molecule has 0 saturated heterocycles. The Morgan fingerprint density at radius 3 is 2.71 bits per heavy atom. The highest BCUT2D eigenvalue weighted by Crippen LogP contribution is 2.18. The molecule has 21 heavy (non-hydrogen) atoms. The number of carbonyl (C=O) groups excluding carboxylic acids is 1. The molecule has 1 unspecified atom stereocenters. The first-order chi connectivity index (χ1) is 10.2. The first-order valence-corrected chi connectivity index (χ1v) is 7.17. The van der Waals surface area contributed by atoms with Crippen molar-refractivity contribution in [3.63, 3.8) is 0 Å². The third kappa shape index (κ3) is 4.05. The standard InChI is InChI=1S/C17H21N3O/c1-13(14-6-4-3-5-7-14)8-11-20-17(21)15-12-19-10-9-16(15)18-2/h3-7,9-10,12-13H,8,11H2,1-2H3,(H,18,19)(H,20,21). The van der Waals surface area contributed by atoms with Gasteiger partial charge in [0.2, 0.25) is 0 Å². The zero-order valence-corrected chi connectivity index (χ0v) is 12.5. The Morgan fingerprint density at radius 1 is 1.24 bits per heavy atom. The largest absolute Gasteiger partial charge is 0.387 e. The van der Waals surface area contributed by atoms with E-state index in [0.717, 1.165) is 12.1 Å². The number of benzene rings is 1. The van der Waals surface area contributed by atoms with Gasteiger partial charge in [-0.25, -0.2) is 0 Å². The maximum absolute atomic E-state index is 12.2. The summed E-state index contributed by atoms with van der Waals surface area (Å²) in [6.07, 6.45) is 4.16. The molecule has 2 rings (SSSR count). The molecule has 0 aliphatic carbocycles. The molecule has 1 aromatic carbocycles. The van der Waals surface area contributed by atoms with Gasteiger partial charge in [-0.1, -0.05) is 37.3 Å².